The highest BCUT2D eigenvalue weighted by Gasteiger charge is 2.19. The van der Waals surface area contributed by atoms with Crippen molar-refractivity contribution in [1.29, 1.82) is 0 Å². The molecule has 0 aliphatic heterocycles. The van der Waals surface area contributed by atoms with Crippen LogP contribution in [0, 0.1) is 11.3 Å². The first kappa shape index (κ1) is 14.8. The Labute approximate surface area is 108 Å². The van der Waals surface area contributed by atoms with E-state index in [1.807, 2.05) is 0 Å². The van der Waals surface area contributed by atoms with Gasteiger partial charge in [-0.2, -0.15) is 0 Å². The fourth-order valence-corrected chi connectivity index (χ4v) is 2.75. The molecule has 1 rings (SSSR count). The predicted octanol–water partition coefficient (Wildman–Crippen LogP) is 4.54. The Morgan fingerprint density at radius 1 is 1.18 bits per heavy atom. The van der Waals surface area contributed by atoms with Crippen LogP contribution in [0.3, 0.4) is 0 Å². The molecule has 0 aromatic rings. The van der Waals surface area contributed by atoms with Crippen LogP contribution in [0.1, 0.15) is 66.2 Å². The molecule has 0 amide bonds. The molecule has 1 fully saturated rings. The number of nitrogens with one attached hydrogen (secondary N) is 1. The second kappa shape index (κ2) is 7.20. The fraction of sp³-hybridized carbons (Fsp3) is 0.875. The van der Waals surface area contributed by atoms with E-state index in [0.29, 0.717) is 5.41 Å². The first-order valence-corrected chi connectivity index (χ1v) is 7.45. The molecule has 1 heteroatoms. The minimum Gasteiger partial charge on any atom is -0.313 e. The van der Waals surface area contributed by atoms with Gasteiger partial charge in [-0.15, -0.1) is 0 Å². The lowest BCUT2D eigenvalue weighted by molar-refractivity contribution is 0.387. The van der Waals surface area contributed by atoms with Crippen LogP contribution in [0.4, 0.5) is 0 Å². The lowest BCUT2D eigenvalue weighted by atomic mass is 9.80. The zero-order valence-electron chi connectivity index (χ0n) is 12.3. The molecule has 100 valence electrons. The summed E-state index contributed by atoms with van der Waals surface area (Å²) in [6.07, 6.45) is 10.9. The van der Waals surface area contributed by atoms with E-state index in [2.05, 4.69) is 39.1 Å². The normalized spacial score (nSPS) is 19.6. The van der Waals surface area contributed by atoms with Crippen molar-refractivity contribution >= 4 is 0 Å². The van der Waals surface area contributed by atoms with Crippen LogP contribution in [0.2, 0.25) is 0 Å². The van der Waals surface area contributed by atoms with E-state index in [0.717, 1.165) is 19.0 Å². The van der Waals surface area contributed by atoms with Crippen LogP contribution >= 0.6 is 0 Å². The van der Waals surface area contributed by atoms with E-state index >= 15 is 0 Å². The summed E-state index contributed by atoms with van der Waals surface area (Å²) < 4.78 is 0. The van der Waals surface area contributed by atoms with Crippen molar-refractivity contribution in [3.63, 3.8) is 0 Å². The number of hydrogen-bond donors (Lipinski definition) is 1. The summed E-state index contributed by atoms with van der Waals surface area (Å²) in [5, 5.41) is 3.59. The molecule has 0 heterocycles. The fourth-order valence-electron chi connectivity index (χ4n) is 2.75. The summed E-state index contributed by atoms with van der Waals surface area (Å²) in [6, 6.07) is 0. The van der Waals surface area contributed by atoms with Crippen LogP contribution in [0.25, 0.3) is 0 Å². The highest BCUT2D eigenvalue weighted by molar-refractivity contribution is 5.13. The minimum absolute atomic E-state index is 0.320. The zero-order valence-corrected chi connectivity index (χ0v) is 12.3. The number of hydrogen-bond acceptors (Lipinski definition) is 1. The molecular weight excluding hydrogens is 206 g/mol. The van der Waals surface area contributed by atoms with Gasteiger partial charge in [-0.3, -0.25) is 0 Å². The molecule has 0 spiro atoms. The molecule has 1 aliphatic rings. The van der Waals surface area contributed by atoms with Crippen molar-refractivity contribution < 1.29 is 0 Å². The third-order valence-corrected chi connectivity index (χ3v) is 3.50. The Kier molecular flexibility index (Phi) is 6.26. The second-order valence-electron chi connectivity index (χ2n) is 6.60. The number of rotatable bonds is 5. The lowest BCUT2D eigenvalue weighted by Crippen LogP contribution is -2.24. The Morgan fingerprint density at radius 2 is 1.82 bits per heavy atom. The van der Waals surface area contributed by atoms with Crippen LogP contribution in [0.5, 0.6) is 0 Å². The summed E-state index contributed by atoms with van der Waals surface area (Å²) in [5.74, 6) is 0.854. The quantitative estimate of drug-likeness (QED) is 0.547. The van der Waals surface area contributed by atoms with Crippen LogP contribution in [-0.2, 0) is 0 Å². The predicted molar refractivity (Wildman–Crippen MR) is 77.3 cm³/mol. The molecule has 0 radical (unpaired) electrons. The molecule has 1 N–H and O–H groups in total. The van der Waals surface area contributed by atoms with Gasteiger partial charge in [0, 0.05) is 6.54 Å². The van der Waals surface area contributed by atoms with E-state index in [4.69, 9.17) is 0 Å². The van der Waals surface area contributed by atoms with Crippen LogP contribution in [-0.4, -0.2) is 13.1 Å². The van der Waals surface area contributed by atoms with E-state index in [-0.39, 0.29) is 0 Å². The van der Waals surface area contributed by atoms with Gasteiger partial charge in [-0.1, -0.05) is 58.6 Å². The van der Waals surface area contributed by atoms with Gasteiger partial charge in [-0.05, 0) is 37.1 Å². The van der Waals surface area contributed by atoms with Crippen LogP contribution < -0.4 is 5.32 Å². The molecule has 1 aliphatic carbocycles. The van der Waals surface area contributed by atoms with Crippen LogP contribution in [0.15, 0.2) is 11.6 Å². The SMILES string of the molecule is CCCNCC(=CC(C)(C)C)C1CCCCC1. The van der Waals surface area contributed by atoms with Gasteiger partial charge >= 0.3 is 0 Å². The molecular formula is C16H31N. The molecule has 17 heavy (non-hydrogen) atoms. The van der Waals surface area contributed by atoms with Crippen molar-refractivity contribution in [1.82, 2.24) is 5.32 Å². The summed E-state index contributed by atoms with van der Waals surface area (Å²) in [6.45, 7) is 11.4. The first-order chi connectivity index (χ1) is 8.03. The Morgan fingerprint density at radius 3 is 2.35 bits per heavy atom. The number of allylic oxidation sites excluding steroid dienone is 1. The average molecular weight is 237 g/mol. The van der Waals surface area contributed by atoms with Gasteiger partial charge in [-0.25, -0.2) is 0 Å². The molecule has 0 unspecified atom stereocenters. The summed E-state index contributed by atoms with van der Waals surface area (Å²) >= 11 is 0. The Balaban J connectivity index is 2.60. The third kappa shape index (κ3) is 6.26. The average Bonchev–Trinajstić information content (AvgIpc) is 2.28. The van der Waals surface area contributed by atoms with Crippen molar-refractivity contribution in [2.24, 2.45) is 11.3 Å². The third-order valence-electron chi connectivity index (χ3n) is 3.50. The van der Waals surface area contributed by atoms with Gasteiger partial charge in [0.2, 0.25) is 0 Å². The smallest absolute Gasteiger partial charge is 0.0167 e. The van der Waals surface area contributed by atoms with E-state index < -0.39 is 0 Å². The molecule has 0 saturated heterocycles. The first-order valence-electron chi connectivity index (χ1n) is 7.45. The molecule has 1 nitrogen and oxygen atoms in total. The molecule has 0 atom stereocenters. The van der Waals surface area contributed by atoms with E-state index in [1.54, 1.807) is 5.57 Å². The maximum atomic E-state index is 3.59. The highest BCUT2D eigenvalue weighted by atomic mass is 14.8. The Hall–Kier alpha value is -0.300. The standard InChI is InChI=1S/C16H31N/c1-5-11-17-13-15(12-16(2,3)4)14-9-7-6-8-10-14/h12,14,17H,5-11,13H2,1-4H3. The molecule has 0 bridgehead atoms. The maximum Gasteiger partial charge on any atom is 0.0167 e. The highest BCUT2D eigenvalue weighted by Crippen LogP contribution is 2.32. The zero-order chi connectivity index (χ0) is 12.7. The van der Waals surface area contributed by atoms with Crippen molar-refractivity contribution in [2.75, 3.05) is 13.1 Å². The van der Waals surface area contributed by atoms with Crippen molar-refractivity contribution in [3.05, 3.63) is 11.6 Å². The monoisotopic (exact) mass is 237 g/mol. The minimum atomic E-state index is 0.320. The topological polar surface area (TPSA) is 12.0 Å². The van der Waals surface area contributed by atoms with Gasteiger partial charge in [0.15, 0.2) is 0 Å². The van der Waals surface area contributed by atoms with Gasteiger partial charge in [0.05, 0.1) is 0 Å². The van der Waals surface area contributed by atoms with Crippen molar-refractivity contribution in [2.45, 2.75) is 66.2 Å². The summed E-state index contributed by atoms with van der Waals surface area (Å²) in [4.78, 5) is 0. The van der Waals surface area contributed by atoms with Gasteiger partial charge in [0.25, 0.3) is 0 Å². The molecule has 1 saturated carbocycles. The van der Waals surface area contributed by atoms with Crippen molar-refractivity contribution in [3.8, 4) is 0 Å². The molecule has 0 aromatic heterocycles. The van der Waals surface area contributed by atoms with Gasteiger partial charge < -0.3 is 5.32 Å². The maximum absolute atomic E-state index is 3.59. The van der Waals surface area contributed by atoms with Gasteiger partial charge in [0.1, 0.15) is 0 Å². The summed E-state index contributed by atoms with van der Waals surface area (Å²) in [7, 11) is 0. The second-order valence-corrected chi connectivity index (χ2v) is 6.60. The van der Waals surface area contributed by atoms with E-state index in [9.17, 15) is 0 Å². The summed E-state index contributed by atoms with van der Waals surface area (Å²) in [5.41, 5.74) is 1.99. The Bertz CT molecular complexity index is 228. The van der Waals surface area contributed by atoms with E-state index in [1.165, 1.54) is 38.5 Å². The lowest BCUT2D eigenvalue weighted by Gasteiger charge is -2.27. The molecule has 0 aromatic carbocycles. The largest absolute Gasteiger partial charge is 0.313 e.